The van der Waals surface area contributed by atoms with Crippen molar-refractivity contribution >= 4 is 28.9 Å². The Morgan fingerprint density at radius 2 is 1.89 bits per heavy atom. The van der Waals surface area contributed by atoms with E-state index in [4.69, 9.17) is 5.11 Å². The molecule has 0 aliphatic carbocycles. The van der Waals surface area contributed by atoms with E-state index in [1.54, 1.807) is 24.3 Å². The summed E-state index contributed by atoms with van der Waals surface area (Å²) >= 11 is 1.49. The van der Waals surface area contributed by atoms with E-state index in [9.17, 15) is 9.59 Å². The zero-order chi connectivity index (χ0) is 13.8. The molecule has 19 heavy (non-hydrogen) atoms. The fraction of sp³-hybridized carbons (Fsp3) is 0.143. The van der Waals surface area contributed by atoms with Crippen LogP contribution >= 0.6 is 11.3 Å². The molecule has 0 atom stereocenters. The largest absolute Gasteiger partial charge is 0.481 e. The van der Waals surface area contributed by atoms with Gasteiger partial charge in [-0.2, -0.15) is 11.3 Å². The third kappa shape index (κ3) is 3.42. The average Bonchev–Trinajstić information content (AvgIpc) is 2.77. The molecule has 1 heterocycles. The minimum absolute atomic E-state index is 0.0160. The van der Waals surface area contributed by atoms with Gasteiger partial charge in [0.25, 0.3) is 5.91 Å². The van der Waals surface area contributed by atoms with Crippen molar-refractivity contribution in [1.82, 2.24) is 0 Å². The number of aliphatic carboxylic acids is 1. The van der Waals surface area contributed by atoms with Crippen LogP contribution in [0.25, 0.3) is 0 Å². The van der Waals surface area contributed by atoms with E-state index in [0.29, 0.717) is 16.8 Å². The summed E-state index contributed by atoms with van der Waals surface area (Å²) < 4.78 is 0. The van der Waals surface area contributed by atoms with Crippen molar-refractivity contribution in [1.29, 1.82) is 0 Å². The maximum atomic E-state index is 12.0. The lowest BCUT2D eigenvalue weighted by Crippen LogP contribution is -2.12. The number of rotatable bonds is 4. The van der Waals surface area contributed by atoms with Gasteiger partial charge >= 0.3 is 5.97 Å². The molecule has 0 bridgehead atoms. The van der Waals surface area contributed by atoms with Gasteiger partial charge in [-0.05, 0) is 35.6 Å². The molecule has 0 spiro atoms. The van der Waals surface area contributed by atoms with E-state index in [1.165, 1.54) is 11.3 Å². The number of hydrogen-bond donors (Lipinski definition) is 2. The molecular formula is C14H13NO3S. The van der Waals surface area contributed by atoms with E-state index in [1.807, 2.05) is 17.7 Å². The maximum Gasteiger partial charge on any atom is 0.307 e. The molecule has 0 fully saturated rings. The van der Waals surface area contributed by atoms with Crippen LogP contribution < -0.4 is 5.32 Å². The van der Waals surface area contributed by atoms with Gasteiger partial charge in [0, 0.05) is 11.1 Å². The van der Waals surface area contributed by atoms with E-state index >= 15 is 0 Å². The summed E-state index contributed by atoms with van der Waals surface area (Å²) in [6.07, 6.45) is -0.0160. The fourth-order valence-electron chi connectivity index (χ4n) is 1.67. The Morgan fingerprint density at radius 1 is 1.21 bits per heavy atom. The van der Waals surface area contributed by atoms with Crippen LogP contribution in [0.3, 0.4) is 0 Å². The van der Waals surface area contributed by atoms with Crippen LogP contribution in [0.1, 0.15) is 21.5 Å². The van der Waals surface area contributed by atoms with Crippen molar-refractivity contribution in [3.63, 3.8) is 0 Å². The number of benzene rings is 1. The Balaban J connectivity index is 2.06. The van der Waals surface area contributed by atoms with Gasteiger partial charge in [-0.1, -0.05) is 12.1 Å². The van der Waals surface area contributed by atoms with Crippen LogP contribution in [-0.2, 0) is 11.2 Å². The van der Waals surface area contributed by atoms with Gasteiger partial charge in [-0.25, -0.2) is 0 Å². The van der Waals surface area contributed by atoms with Gasteiger partial charge in [0.15, 0.2) is 0 Å². The lowest BCUT2D eigenvalue weighted by Gasteiger charge is -2.05. The summed E-state index contributed by atoms with van der Waals surface area (Å²) in [5.74, 6) is -1.02. The number of carboxylic acid groups (broad SMARTS) is 1. The number of aryl methyl sites for hydroxylation is 1. The molecule has 0 aliphatic rings. The minimum atomic E-state index is -0.870. The molecule has 0 aliphatic heterocycles. The predicted molar refractivity (Wildman–Crippen MR) is 74.8 cm³/mol. The van der Waals surface area contributed by atoms with Crippen molar-refractivity contribution in [2.75, 3.05) is 5.32 Å². The summed E-state index contributed by atoms with van der Waals surface area (Å²) in [5, 5.41) is 15.2. The molecule has 0 saturated carbocycles. The summed E-state index contributed by atoms with van der Waals surface area (Å²) in [6.45, 7) is 1.89. The van der Waals surface area contributed by atoms with E-state index in [0.717, 1.165) is 5.56 Å². The van der Waals surface area contributed by atoms with Gasteiger partial charge in [0.05, 0.1) is 12.0 Å². The Morgan fingerprint density at radius 3 is 2.42 bits per heavy atom. The molecule has 98 valence electrons. The molecule has 0 unspecified atom stereocenters. The van der Waals surface area contributed by atoms with Gasteiger partial charge in [0.1, 0.15) is 0 Å². The topological polar surface area (TPSA) is 66.4 Å². The highest BCUT2D eigenvalue weighted by molar-refractivity contribution is 7.08. The Bertz CT molecular complexity index is 601. The van der Waals surface area contributed by atoms with Crippen molar-refractivity contribution in [2.24, 2.45) is 0 Å². The number of carbonyl (C=O) groups is 2. The zero-order valence-corrected chi connectivity index (χ0v) is 11.2. The summed E-state index contributed by atoms with van der Waals surface area (Å²) in [7, 11) is 0. The fourth-order valence-corrected chi connectivity index (χ4v) is 2.50. The van der Waals surface area contributed by atoms with Gasteiger partial charge in [0.2, 0.25) is 0 Å². The van der Waals surface area contributed by atoms with Crippen molar-refractivity contribution in [3.8, 4) is 0 Å². The molecule has 2 rings (SSSR count). The second-order valence-corrected chi connectivity index (χ2v) is 4.93. The number of anilines is 1. The molecule has 2 N–H and O–H groups in total. The maximum absolute atomic E-state index is 12.0. The molecule has 5 heteroatoms. The normalized spacial score (nSPS) is 10.2. The van der Waals surface area contributed by atoms with Crippen LogP contribution in [0.4, 0.5) is 5.69 Å². The van der Waals surface area contributed by atoms with Crippen molar-refractivity contribution in [3.05, 3.63) is 51.7 Å². The van der Waals surface area contributed by atoms with Gasteiger partial charge in [-0.3, -0.25) is 9.59 Å². The smallest absolute Gasteiger partial charge is 0.307 e. The predicted octanol–water partition coefficient (Wildman–Crippen LogP) is 2.94. The summed E-state index contributed by atoms with van der Waals surface area (Å²) in [6, 6.07) is 6.81. The zero-order valence-electron chi connectivity index (χ0n) is 10.3. The van der Waals surface area contributed by atoms with Crippen LogP contribution in [0, 0.1) is 6.92 Å². The second kappa shape index (κ2) is 5.67. The number of amides is 1. The third-order valence-corrected chi connectivity index (χ3v) is 3.53. The van der Waals surface area contributed by atoms with Crippen LogP contribution in [0.2, 0.25) is 0 Å². The van der Waals surface area contributed by atoms with E-state index in [-0.39, 0.29) is 12.3 Å². The lowest BCUT2D eigenvalue weighted by atomic mass is 10.1. The highest BCUT2D eigenvalue weighted by Gasteiger charge is 2.10. The highest BCUT2D eigenvalue weighted by Crippen LogP contribution is 2.16. The third-order valence-electron chi connectivity index (χ3n) is 2.67. The Labute approximate surface area is 114 Å². The number of thiophene rings is 1. The van der Waals surface area contributed by atoms with Crippen molar-refractivity contribution < 1.29 is 14.7 Å². The molecule has 4 nitrogen and oxygen atoms in total. The average molecular weight is 275 g/mol. The quantitative estimate of drug-likeness (QED) is 0.901. The second-order valence-electron chi connectivity index (χ2n) is 4.19. The van der Waals surface area contributed by atoms with Crippen LogP contribution in [0.15, 0.2) is 35.0 Å². The van der Waals surface area contributed by atoms with E-state index in [2.05, 4.69) is 5.32 Å². The molecule has 1 amide bonds. The number of carboxylic acids is 1. The lowest BCUT2D eigenvalue weighted by molar-refractivity contribution is -0.136. The Hall–Kier alpha value is -2.14. The Kier molecular flexibility index (Phi) is 3.97. The first-order valence-electron chi connectivity index (χ1n) is 5.71. The number of hydrogen-bond acceptors (Lipinski definition) is 3. The first-order chi connectivity index (χ1) is 9.06. The highest BCUT2D eigenvalue weighted by atomic mass is 32.1. The minimum Gasteiger partial charge on any atom is -0.481 e. The van der Waals surface area contributed by atoms with Crippen LogP contribution in [-0.4, -0.2) is 17.0 Å². The SMILES string of the molecule is Cc1cscc1C(=O)Nc1ccc(CC(=O)O)cc1. The first-order valence-corrected chi connectivity index (χ1v) is 6.65. The molecule has 2 aromatic rings. The van der Waals surface area contributed by atoms with Gasteiger partial charge in [-0.15, -0.1) is 0 Å². The molecule has 0 radical (unpaired) electrons. The molecular weight excluding hydrogens is 262 g/mol. The van der Waals surface area contributed by atoms with Crippen LogP contribution in [0.5, 0.6) is 0 Å². The monoisotopic (exact) mass is 275 g/mol. The molecule has 0 saturated heterocycles. The molecule has 1 aromatic carbocycles. The van der Waals surface area contributed by atoms with E-state index < -0.39 is 5.97 Å². The number of nitrogens with one attached hydrogen (secondary N) is 1. The first kappa shape index (κ1) is 13.3. The summed E-state index contributed by atoms with van der Waals surface area (Å²) in [4.78, 5) is 22.5. The number of carbonyl (C=O) groups excluding carboxylic acids is 1. The van der Waals surface area contributed by atoms with Crippen molar-refractivity contribution in [2.45, 2.75) is 13.3 Å². The molecule has 1 aromatic heterocycles. The summed E-state index contributed by atoms with van der Waals surface area (Å²) in [5.41, 5.74) is 2.98. The van der Waals surface area contributed by atoms with Gasteiger partial charge < -0.3 is 10.4 Å². The standard InChI is InChI=1S/C14H13NO3S/c1-9-7-19-8-12(9)14(18)15-11-4-2-10(3-5-11)6-13(16)17/h2-5,7-8H,6H2,1H3,(H,15,18)(H,16,17).